The van der Waals surface area contributed by atoms with E-state index in [2.05, 4.69) is 34.2 Å². The van der Waals surface area contributed by atoms with Gasteiger partial charge in [0.05, 0.1) is 19.8 Å². The zero-order valence-electron chi connectivity index (χ0n) is 17.7. The lowest BCUT2D eigenvalue weighted by atomic mass is 10.1. The number of morpholine rings is 1. The van der Waals surface area contributed by atoms with Crippen LogP contribution in [-0.2, 0) is 22.5 Å². The number of ether oxygens (including phenoxy) is 1. The SMILES string of the molecule is CC(CN1CCOCC1)N(CC(=O)NCCc1ccc(F)cc1)Cc1ccccc1. The van der Waals surface area contributed by atoms with Gasteiger partial charge < -0.3 is 10.1 Å². The van der Waals surface area contributed by atoms with Crippen molar-refractivity contribution < 1.29 is 13.9 Å². The summed E-state index contributed by atoms with van der Waals surface area (Å²) in [7, 11) is 0. The number of nitrogens with one attached hydrogen (secondary N) is 1. The highest BCUT2D eigenvalue weighted by molar-refractivity contribution is 5.78. The molecule has 0 radical (unpaired) electrons. The Morgan fingerprint density at radius 2 is 1.80 bits per heavy atom. The number of carbonyl (C=O) groups is 1. The third-order valence-corrected chi connectivity index (χ3v) is 5.47. The number of hydrogen-bond donors (Lipinski definition) is 1. The van der Waals surface area contributed by atoms with Crippen molar-refractivity contribution in [3.63, 3.8) is 0 Å². The number of halogens is 1. The first kappa shape index (κ1) is 22.4. The lowest BCUT2D eigenvalue weighted by Crippen LogP contribution is -2.48. The van der Waals surface area contributed by atoms with Gasteiger partial charge in [0.1, 0.15) is 5.82 Å². The fourth-order valence-corrected chi connectivity index (χ4v) is 3.70. The van der Waals surface area contributed by atoms with Gasteiger partial charge >= 0.3 is 0 Å². The second-order valence-corrected chi connectivity index (χ2v) is 7.88. The zero-order chi connectivity index (χ0) is 21.2. The van der Waals surface area contributed by atoms with Gasteiger partial charge in [0, 0.05) is 38.8 Å². The van der Waals surface area contributed by atoms with Crippen molar-refractivity contribution in [2.45, 2.75) is 25.9 Å². The van der Waals surface area contributed by atoms with Gasteiger partial charge in [-0.2, -0.15) is 0 Å². The maximum absolute atomic E-state index is 13.0. The summed E-state index contributed by atoms with van der Waals surface area (Å²) in [5.74, 6) is -0.226. The predicted molar refractivity (Wildman–Crippen MR) is 117 cm³/mol. The standard InChI is InChI=1S/C24H32FN3O2/c1-20(17-27-13-15-30-16-14-27)28(18-22-5-3-2-4-6-22)19-24(29)26-12-11-21-7-9-23(25)10-8-21/h2-10,20H,11-19H2,1H3,(H,26,29). The van der Waals surface area contributed by atoms with E-state index in [0.29, 0.717) is 19.5 Å². The molecule has 1 atom stereocenters. The molecule has 2 aromatic carbocycles. The minimum atomic E-state index is -0.242. The van der Waals surface area contributed by atoms with Gasteiger partial charge in [-0.15, -0.1) is 0 Å². The van der Waals surface area contributed by atoms with E-state index in [-0.39, 0.29) is 17.8 Å². The first-order valence-corrected chi connectivity index (χ1v) is 10.7. The van der Waals surface area contributed by atoms with Crippen LogP contribution in [-0.4, -0.2) is 67.7 Å². The van der Waals surface area contributed by atoms with E-state index in [1.165, 1.54) is 17.7 Å². The minimum absolute atomic E-state index is 0.0156. The van der Waals surface area contributed by atoms with Gasteiger partial charge in [-0.25, -0.2) is 4.39 Å². The van der Waals surface area contributed by atoms with Crippen molar-refractivity contribution in [1.29, 1.82) is 0 Å². The van der Waals surface area contributed by atoms with Crippen LogP contribution >= 0.6 is 0 Å². The van der Waals surface area contributed by atoms with Gasteiger partial charge in [0.15, 0.2) is 0 Å². The fraction of sp³-hybridized carbons (Fsp3) is 0.458. The molecule has 1 fully saturated rings. The van der Waals surface area contributed by atoms with Crippen LogP contribution in [0.5, 0.6) is 0 Å². The normalized spacial score (nSPS) is 15.8. The fourth-order valence-electron chi connectivity index (χ4n) is 3.70. The average Bonchev–Trinajstić information content (AvgIpc) is 2.76. The molecule has 5 nitrogen and oxygen atoms in total. The summed E-state index contributed by atoms with van der Waals surface area (Å²) in [6, 6.07) is 16.9. The van der Waals surface area contributed by atoms with E-state index in [4.69, 9.17) is 4.74 Å². The number of carbonyl (C=O) groups excluding carboxylic acids is 1. The van der Waals surface area contributed by atoms with Crippen molar-refractivity contribution in [3.8, 4) is 0 Å². The van der Waals surface area contributed by atoms with Crippen molar-refractivity contribution in [2.24, 2.45) is 0 Å². The molecule has 0 bridgehead atoms. The van der Waals surface area contributed by atoms with Crippen LogP contribution in [0.2, 0.25) is 0 Å². The maximum Gasteiger partial charge on any atom is 0.234 e. The van der Waals surface area contributed by atoms with Crippen LogP contribution in [0.25, 0.3) is 0 Å². The number of rotatable bonds is 10. The second-order valence-electron chi connectivity index (χ2n) is 7.88. The molecule has 3 rings (SSSR count). The Hall–Kier alpha value is -2.28. The van der Waals surface area contributed by atoms with Crippen LogP contribution in [0.1, 0.15) is 18.1 Å². The predicted octanol–water partition coefficient (Wildman–Crippen LogP) is 2.71. The summed E-state index contributed by atoms with van der Waals surface area (Å²) in [5.41, 5.74) is 2.21. The van der Waals surface area contributed by atoms with Crippen LogP contribution < -0.4 is 5.32 Å². The lowest BCUT2D eigenvalue weighted by molar-refractivity contribution is -0.123. The Balaban J connectivity index is 1.53. The van der Waals surface area contributed by atoms with E-state index in [1.807, 2.05) is 18.2 Å². The third kappa shape index (κ3) is 7.52. The van der Waals surface area contributed by atoms with Crippen molar-refractivity contribution >= 4 is 5.91 Å². The molecule has 2 aromatic rings. The van der Waals surface area contributed by atoms with Crippen LogP contribution in [0.3, 0.4) is 0 Å². The Kier molecular flexibility index (Phi) is 8.81. The molecule has 1 N–H and O–H groups in total. The largest absolute Gasteiger partial charge is 0.379 e. The quantitative estimate of drug-likeness (QED) is 0.651. The van der Waals surface area contributed by atoms with Crippen molar-refractivity contribution in [2.75, 3.05) is 45.9 Å². The molecule has 1 aliphatic rings. The second kappa shape index (κ2) is 11.8. The highest BCUT2D eigenvalue weighted by Crippen LogP contribution is 2.11. The first-order valence-electron chi connectivity index (χ1n) is 10.7. The minimum Gasteiger partial charge on any atom is -0.379 e. The van der Waals surface area contributed by atoms with Gasteiger partial charge in [-0.1, -0.05) is 42.5 Å². The summed E-state index contributed by atoms with van der Waals surface area (Å²) in [6.07, 6.45) is 0.689. The van der Waals surface area contributed by atoms with Gasteiger partial charge in [-0.05, 0) is 36.6 Å². The Labute approximate surface area is 178 Å². The van der Waals surface area contributed by atoms with Gasteiger partial charge in [0.2, 0.25) is 5.91 Å². The van der Waals surface area contributed by atoms with Crippen molar-refractivity contribution in [1.82, 2.24) is 15.1 Å². The summed E-state index contributed by atoms with van der Waals surface area (Å²) >= 11 is 0. The number of hydrogen-bond acceptors (Lipinski definition) is 4. The first-order chi connectivity index (χ1) is 14.6. The number of benzene rings is 2. The molecule has 1 saturated heterocycles. The highest BCUT2D eigenvalue weighted by atomic mass is 19.1. The van der Waals surface area contributed by atoms with Crippen LogP contribution in [0.4, 0.5) is 4.39 Å². The Morgan fingerprint density at radius 1 is 1.10 bits per heavy atom. The summed E-state index contributed by atoms with van der Waals surface area (Å²) in [5, 5.41) is 3.01. The summed E-state index contributed by atoms with van der Waals surface area (Å²) < 4.78 is 18.5. The Morgan fingerprint density at radius 3 is 2.50 bits per heavy atom. The molecule has 1 heterocycles. The molecule has 0 aromatic heterocycles. The van der Waals surface area contributed by atoms with Gasteiger partial charge in [-0.3, -0.25) is 14.6 Å². The van der Waals surface area contributed by atoms with Crippen molar-refractivity contribution in [3.05, 3.63) is 71.5 Å². The highest BCUT2D eigenvalue weighted by Gasteiger charge is 2.21. The van der Waals surface area contributed by atoms with E-state index < -0.39 is 0 Å². The van der Waals surface area contributed by atoms with E-state index in [0.717, 1.165) is 45.0 Å². The summed E-state index contributed by atoms with van der Waals surface area (Å²) in [6.45, 7) is 8.15. The lowest BCUT2D eigenvalue weighted by Gasteiger charge is -2.34. The monoisotopic (exact) mass is 413 g/mol. The van der Waals surface area contributed by atoms with Crippen LogP contribution in [0, 0.1) is 5.82 Å². The molecule has 1 amide bonds. The topological polar surface area (TPSA) is 44.8 Å². The molecule has 0 aliphatic carbocycles. The number of amides is 1. The Bertz CT molecular complexity index is 764. The van der Waals surface area contributed by atoms with E-state index in [9.17, 15) is 9.18 Å². The van der Waals surface area contributed by atoms with Gasteiger partial charge in [0.25, 0.3) is 0 Å². The smallest absolute Gasteiger partial charge is 0.234 e. The zero-order valence-corrected chi connectivity index (χ0v) is 17.7. The molecular weight excluding hydrogens is 381 g/mol. The summed E-state index contributed by atoms with van der Waals surface area (Å²) in [4.78, 5) is 17.3. The molecule has 0 spiro atoms. The number of nitrogens with zero attached hydrogens (tertiary/aromatic N) is 2. The molecule has 1 unspecified atom stereocenters. The average molecular weight is 414 g/mol. The molecule has 162 valence electrons. The molecule has 6 heteroatoms. The molecule has 0 saturated carbocycles. The van der Waals surface area contributed by atoms with E-state index in [1.54, 1.807) is 12.1 Å². The molecular formula is C24H32FN3O2. The maximum atomic E-state index is 13.0. The molecule has 1 aliphatic heterocycles. The third-order valence-electron chi connectivity index (χ3n) is 5.47. The van der Waals surface area contributed by atoms with E-state index >= 15 is 0 Å². The molecule has 30 heavy (non-hydrogen) atoms. The van der Waals surface area contributed by atoms with Crippen LogP contribution in [0.15, 0.2) is 54.6 Å².